The van der Waals surface area contributed by atoms with Gasteiger partial charge in [0.25, 0.3) is 0 Å². The zero-order chi connectivity index (χ0) is 14.1. The lowest BCUT2D eigenvalue weighted by atomic mass is 9.74. The molecule has 0 saturated heterocycles. The summed E-state index contributed by atoms with van der Waals surface area (Å²) in [5, 5.41) is 2.02. The van der Waals surface area contributed by atoms with Crippen LogP contribution in [-0.4, -0.2) is 5.37 Å². The average molecular weight is 283 g/mol. The average Bonchev–Trinajstić information content (AvgIpc) is 2.45. The van der Waals surface area contributed by atoms with E-state index in [1.807, 2.05) is 5.37 Å². The van der Waals surface area contributed by atoms with Gasteiger partial charge in [0.1, 0.15) is 0 Å². The van der Waals surface area contributed by atoms with Crippen molar-refractivity contribution in [1.82, 2.24) is 0 Å². The molecule has 0 N–H and O–H groups in total. The van der Waals surface area contributed by atoms with Crippen LogP contribution in [0.4, 0.5) is 0 Å². The van der Waals surface area contributed by atoms with Gasteiger partial charge in [-0.2, -0.15) is 0 Å². The smallest absolute Gasteiger partial charge is 0.0128 e. The Morgan fingerprint density at radius 2 is 1.74 bits per heavy atom. The summed E-state index contributed by atoms with van der Waals surface area (Å²) in [7, 11) is 0. The zero-order valence-corrected chi connectivity index (χ0v) is 14.2. The highest BCUT2D eigenvalue weighted by Gasteiger charge is 2.24. The molecule has 0 aliphatic heterocycles. The highest BCUT2D eigenvalue weighted by molar-refractivity contribution is 7.79. The van der Waals surface area contributed by atoms with Crippen LogP contribution in [0.1, 0.15) is 85.0 Å². The van der Waals surface area contributed by atoms with Crippen molar-refractivity contribution in [3.05, 3.63) is 0 Å². The Morgan fingerprint density at radius 1 is 1.05 bits per heavy atom. The van der Waals surface area contributed by atoms with E-state index in [0.29, 0.717) is 0 Å². The summed E-state index contributed by atoms with van der Waals surface area (Å²) in [6.45, 7) is 7.16. The lowest BCUT2D eigenvalue weighted by Gasteiger charge is -2.32. The Balaban J connectivity index is 2.38. The predicted molar refractivity (Wildman–Crippen MR) is 90.8 cm³/mol. The third-order valence-electron chi connectivity index (χ3n) is 5.20. The molecule has 0 nitrogen and oxygen atoms in total. The SMILES string of the molecule is CCCCC(C)C(CCC)CC1CCC(C=S)CC1. The van der Waals surface area contributed by atoms with Crippen molar-refractivity contribution >= 4 is 17.6 Å². The van der Waals surface area contributed by atoms with Crippen molar-refractivity contribution in [3.63, 3.8) is 0 Å². The minimum Gasteiger partial charge on any atom is -0.0932 e. The van der Waals surface area contributed by atoms with E-state index in [1.165, 1.54) is 64.2 Å². The second-order valence-corrected chi connectivity index (χ2v) is 7.09. The molecule has 0 aromatic rings. The van der Waals surface area contributed by atoms with Gasteiger partial charge in [-0.3, -0.25) is 0 Å². The lowest BCUT2D eigenvalue weighted by molar-refractivity contribution is 0.209. The number of unbranched alkanes of at least 4 members (excludes halogenated alkanes) is 1. The molecular formula is C18H34S. The van der Waals surface area contributed by atoms with E-state index < -0.39 is 0 Å². The predicted octanol–water partition coefficient (Wildman–Crippen LogP) is 6.43. The molecule has 112 valence electrons. The summed E-state index contributed by atoms with van der Waals surface area (Å²) in [4.78, 5) is 0. The van der Waals surface area contributed by atoms with Crippen molar-refractivity contribution in [2.45, 2.75) is 85.0 Å². The van der Waals surface area contributed by atoms with Crippen molar-refractivity contribution in [3.8, 4) is 0 Å². The van der Waals surface area contributed by atoms with Crippen molar-refractivity contribution in [2.75, 3.05) is 0 Å². The van der Waals surface area contributed by atoms with Crippen LogP contribution in [0, 0.1) is 23.7 Å². The van der Waals surface area contributed by atoms with E-state index in [-0.39, 0.29) is 0 Å². The van der Waals surface area contributed by atoms with Gasteiger partial charge in [0.2, 0.25) is 0 Å². The summed E-state index contributed by atoms with van der Waals surface area (Å²) < 4.78 is 0. The fraction of sp³-hybridized carbons (Fsp3) is 0.944. The standard InChI is InChI=1S/C18H34S/c1-4-6-8-15(3)18(7-5-2)13-16-9-11-17(14-19)12-10-16/h14-18H,4-13H2,1-3H3. The van der Waals surface area contributed by atoms with Crippen molar-refractivity contribution in [2.24, 2.45) is 23.7 Å². The minimum absolute atomic E-state index is 0.744. The van der Waals surface area contributed by atoms with Crippen molar-refractivity contribution < 1.29 is 0 Å². The summed E-state index contributed by atoms with van der Waals surface area (Å²) in [6.07, 6.45) is 14.1. The second kappa shape index (κ2) is 9.91. The number of hydrogen-bond donors (Lipinski definition) is 0. The first kappa shape index (κ1) is 17.1. The van der Waals surface area contributed by atoms with E-state index in [4.69, 9.17) is 12.2 Å². The van der Waals surface area contributed by atoms with E-state index in [1.54, 1.807) is 0 Å². The molecule has 0 aromatic heterocycles. The molecule has 1 heteroatoms. The molecule has 0 radical (unpaired) electrons. The lowest BCUT2D eigenvalue weighted by Crippen LogP contribution is -2.21. The molecule has 2 atom stereocenters. The Labute approximate surface area is 126 Å². The van der Waals surface area contributed by atoms with Gasteiger partial charge in [-0.05, 0) is 61.1 Å². The van der Waals surface area contributed by atoms with Gasteiger partial charge < -0.3 is 0 Å². The Morgan fingerprint density at radius 3 is 2.26 bits per heavy atom. The first-order valence-corrected chi connectivity index (χ1v) is 9.13. The summed E-state index contributed by atoms with van der Waals surface area (Å²) in [6, 6.07) is 0. The van der Waals surface area contributed by atoms with Gasteiger partial charge >= 0.3 is 0 Å². The van der Waals surface area contributed by atoms with E-state index in [0.717, 1.165) is 23.7 Å². The van der Waals surface area contributed by atoms with Crippen molar-refractivity contribution in [1.29, 1.82) is 0 Å². The van der Waals surface area contributed by atoms with Gasteiger partial charge in [-0.25, -0.2) is 0 Å². The van der Waals surface area contributed by atoms with Crippen LogP contribution in [-0.2, 0) is 0 Å². The molecule has 1 rings (SSSR count). The number of rotatable bonds is 9. The maximum absolute atomic E-state index is 5.10. The van der Waals surface area contributed by atoms with Gasteiger partial charge in [-0.1, -0.05) is 65.1 Å². The third-order valence-corrected chi connectivity index (χ3v) is 5.58. The van der Waals surface area contributed by atoms with Gasteiger partial charge in [0, 0.05) is 0 Å². The molecule has 1 fully saturated rings. The molecule has 1 saturated carbocycles. The highest BCUT2D eigenvalue weighted by Crippen LogP contribution is 2.36. The Hall–Kier alpha value is 0.0900. The number of hydrogen-bond acceptors (Lipinski definition) is 1. The Bertz CT molecular complexity index is 228. The molecular weight excluding hydrogens is 248 g/mol. The largest absolute Gasteiger partial charge is 0.0932 e. The highest BCUT2D eigenvalue weighted by atomic mass is 32.1. The normalized spacial score (nSPS) is 26.9. The fourth-order valence-electron chi connectivity index (χ4n) is 3.76. The topological polar surface area (TPSA) is 0 Å². The van der Waals surface area contributed by atoms with Gasteiger partial charge in [0.15, 0.2) is 0 Å². The quantitative estimate of drug-likeness (QED) is 0.439. The van der Waals surface area contributed by atoms with E-state index in [2.05, 4.69) is 20.8 Å². The van der Waals surface area contributed by atoms with E-state index >= 15 is 0 Å². The molecule has 1 aliphatic carbocycles. The summed E-state index contributed by atoms with van der Waals surface area (Å²) in [5.74, 6) is 3.65. The van der Waals surface area contributed by atoms with Crippen LogP contribution in [0.2, 0.25) is 0 Å². The molecule has 0 bridgehead atoms. The van der Waals surface area contributed by atoms with Gasteiger partial charge in [0.05, 0.1) is 0 Å². The van der Waals surface area contributed by atoms with Gasteiger partial charge in [-0.15, -0.1) is 0 Å². The van der Waals surface area contributed by atoms with Crippen LogP contribution in [0.5, 0.6) is 0 Å². The molecule has 0 heterocycles. The molecule has 0 spiro atoms. The molecule has 0 amide bonds. The van der Waals surface area contributed by atoms with Crippen LogP contribution < -0.4 is 0 Å². The van der Waals surface area contributed by atoms with Crippen LogP contribution >= 0.6 is 12.2 Å². The second-order valence-electron chi connectivity index (χ2n) is 6.82. The molecule has 2 unspecified atom stereocenters. The summed E-state index contributed by atoms with van der Waals surface area (Å²) >= 11 is 5.10. The third kappa shape index (κ3) is 6.38. The van der Waals surface area contributed by atoms with Crippen LogP contribution in [0.25, 0.3) is 0 Å². The Kier molecular flexibility index (Phi) is 8.94. The maximum Gasteiger partial charge on any atom is -0.0128 e. The maximum atomic E-state index is 5.10. The summed E-state index contributed by atoms with van der Waals surface area (Å²) in [5.41, 5.74) is 0. The number of thiocarbonyl (C=S) groups is 1. The molecule has 0 aromatic carbocycles. The first-order valence-electron chi connectivity index (χ1n) is 8.66. The zero-order valence-electron chi connectivity index (χ0n) is 13.4. The first-order chi connectivity index (χ1) is 9.21. The monoisotopic (exact) mass is 282 g/mol. The molecule has 1 aliphatic rings. The fourth-order valence-corrected chi connectivity index (χ4v) is 4.03. The minimum atomic E-state index is 0.744. The van der Waals surface area contributed by atoms with E-state index in [9.17, 15) is 0 Å². The molecule has 19 heavy (non-hydrogen) atoms. The van der Waals surface area contributed by atoms with Crippen LogP contribution in [0.15, 0.2) is 0 Å². The van der Waals surface area contributed by atoms with Crippen LogP contribution in [0.3, 0.4) is 0 Å².